The van der Waals surface area contributed by atoms with Gasteiger partial charge in [0.05, 0.1) is 23.6 Å². The van der Waals surface area contributed by atoms with Crippen LogP contribution in [0.2, 0.25) is 0 Å². The molecule has 1 amide bonds. The number of methoxy groups -OCH3 is 1. The molecule has 0 aliphatic rings. The van der Waals surface area contributed by atoms with Crippen molar-refractivity contribution in [3.05, 3.63) is 28.4 Å². The van der Waals surface area contributed by atoms with Crippen molar-refractivity contribution in [2.45, 2.75) is 0 Å². The van der Waals surface area contributed by atoms with Gasteiger partial charge in [-0.3, -0.25) is 9.59 Å². The van der Waals surface area contributed by atoms with Crippen LogP contribution in [0, 0.1) is 0 Å². The van der Waals surface area contributed by atoms with E-state index in [0.29, 0.717) is 16.7 Å². The molecule has 1 heterocycles. The maximum Gasteiger partial charge on any atom is 0.294 e. The van der Waals surface area contributed by atoms with Crippen molar-refractivity contribution in [1.82, 2.24) is 9.47 Å². The summed E-state index contributed by atoms with van der Waals surface area (Å²) in [4.78, 5) is 25.5. The molecule has 0 unspecified atom stereocenters. The summed E-state index contributed by atoms with van der Waals surface area (Å²) in [5.74, 6) is -0.532. The van der Waals surface area contributed by atoms with Gasteiger partial charge in [-0.05, 0) is 28.1 Å². The van der Waals surface area contributed by atoms with E-state index in [1.54, 1.807) is 30.9 Å². The summed E-state index contributed by atoms with van der Waals surface area (Å²) in [6.45, 7) is 0. The Morgan fingerprint density at radius 3 is 2.50 bits per heavy atom. The zero-order valence-corrected chi connectivity index (χ0v) is 13.3. The van der Waals surface area contributed by atoms with Crippen LogP contribution >= 0.6 is 15.9 Å². The second-order valence-corrected chi connectivity index (χ2v) is 5.51. The molecule has 0 bridgehead atoms. The molecule has 0 radical (unpaired) electrons. The highest BCUT2D eigenvalue weighted by Gasteiger charge is 2.25. The standard InChI is InChI=1S/C14H15BrN2O3/c1-16(2)14(19)13(18)8-7-17(3)12-9(15)5-6-10(20-4)11(8)12/h5-7H,1-4H3. The number of rotatable bonds is 3. The van der Waals surface area contributed by atoms with E-state index in [0.717, 1.165) is 9.99 Å². The summed E-state index contributed by atoms with van der Waals surface area (Å²) in [6.07, 6.45) is 1.65. The molecule has 6 heteroatoms. The summed E-state index contributed by atoms with van der Waals surface area (Å²) in [5, 5.41) is 0.643. The van der Waals surface area contributed by atoms with Crippen molar-refractivity contribution in [3.63, 3.8) is 0 Å². The molecule has 20 heavy (non-hydrogen) atoms. The number of aromatic nitrogens is 1. The third kappa shape index (κ3) is 2.20. The fraction of sp³-hybridized carbons (Fsp3) is 0.286. The summed E-state index contributed by atoms with van der Waals surface area (Å²) in [5.41, 5.74) is 1.17. The van der Waals surface area contributed by atoms with Crippen molar-refractivity contribution >= 4 is 38.5 Å². The smallest absolute Gasteiger partial charge is 0.294 e. The molecule has 5 nitrogen and oxygen atoms in total. The zero-order valence-electron chi connectivity index (χ0n) is 11.7. The van der Waals surface area contributed by atoms with Gasteiger partial charge in [0.2, 0.25) is 0 Å². The molecular weight excluding hydrogens is 324 g/mol. The highest BCUT2D eigenvalue weighted by Crippen LogP contribution is 2.35. The van der Waals surface area contributed by atoms with Crippen molar-refractivity contribution in [3.8, 4) is 5.75 Å². The number of hydrogen-bond acceptors (Lipinski definition) is 3. The molecule has 0 saturated carbocycles. The molecule has 2 aromatic rings. The largest absolute Gasteiger partial charge is 0.496 e. The fourth-order valence-corrected chi connectivity index (χ4v) is 2.75. The van der Waals surface area contributed by atoms with E-state index in [1.807, 2.05) is 13.1 Å². The van der Waals surface area contributed by atoms with E-state index in [4.69, 9.17) is 4.74 Å². The molecular formula is C14H15BrN2O3. The lowest BCUT2D eigenvalue weighted by molar-refractivity contribution is -0.124. The number of ether oxygens (including phenoxy) is 1. The van der Waals surface area contributed by atoms with E-state index >= 15 is 0 Å². The third-order valence-electron chi connectivity index (χ3n) is 3.10. The van der Waals surface area contributed by atoms with Crippen molar-refractivity contribution in [2.75, 3.05) is 21.2 Å². The molecule has 0 aliphatic heterocycles. The second kappa shape index (κ2) is 5.28. The number of Topliss-reactive ketones (excluding diaryl/α,β-unsaturated/α-hetero) is 1. The van der Waals surface area contributed by atoms with Gasteiger partial charge >= 0.3 is 0 Å². The van der Waals surface area contributed by atoms with Gasteiger partial charge in [-0.2, -0.15) is 0 Å². The third-order valence-corrected chi connectivity index (χ3v) is 3.74. The van der Waals surface area contributed by atoms with Gasteiger partial charge in [0.1, 0.15) is 5.75 Å². The number of aryl methyl sites for hydroxylation is 1. The fourth-order valence-electron chi connectivity index (χ4n) is 2.14. The van der Waals surface area contributed by atoms with Crippen LogP contribution in [-0.4, -0.2) is 42.4 Å². The quantitative estimate of drug-likeness (QED) is 0.637. The van der Waals surface area contributed by atoms with Crippen LogP contribution in [0.25, 0.3) is 10.9 Å². The first-order chi connectivity index (χ1) is 9.38. The van der Waals surface area contributed by atoms with Gasteiger partial charge in [0.15, 0.2) is 0 Å². The van der Waals surface area contributed by atoms with Crippen LogP contribution in [0.1, 0.15) is 10.4 Å². The summed E-state index contributed by atoms with van der Waals surface area (Å²) in [6, 6.07) is 3.62. The molecule has 0 saturated heterocycles. The minimum absolute atomic E-state index is 0.347. The lowest BCUT2D eigenvalue weighted by Gasteiger charge is -2.09. The predicted octanol–water partition coefficient (Wildman–Crippen LogP) is 2.22. The van der Waals surface area contributed by atoms with Crippen LogP contribution in [0.3, 0.4) is 0 Å². The Hall–Kier alpha value is -1.82. The summed E-state index contributed by atoms with van der Waals surface area (Å²) in [7, 11) is 6.47. The van der Waals surface area contributed by atoms with E-state index in [-0.39, 0.29) is 0 Å². The van der Waals surface area contributed by atoms with Gasteiger partial charge < -0.3 is 14.2 Å². The molecule has 0 fully saturated rings. The first kappa shape index (κ1) is 14.6. The lowest BCUT2D eigenvalue weighted by atomic mass is 10.1. The van der Waals surface area contributed by atoms with Gasteiger partial charge in [-0.25, -0.2) is 0 Å². The number of likely N-dealkylation sites (N-methyl/N-ethyl adjacent to an activating group) is 1. The van der Waals surface area contributed by atoms with Crippen molar-refractivity contribution in [2.24, 2.45) is 7.05 Å². The molecule has 0 spiro atoms. The van der Waals surface area contributed by atoms with E-state index in [9.17, 15) is 9.59 Å². The number of carbonyl (C=O) groups is 2. The first-order valence-electron chi connectivity index (χ1n) is 5.96. The van der Waals surface area contributed by atoms with Gasteiger partial charge in [0, 0.05) is 31.8 Å². The van der Waals surface area contributed by atoms with Crippen LogP contribution in [0.5, 0.6) is 5.75 Å². The average molecular weight is 339 g/mol. The second-order valence-electron chi connectivity index (χ2n) is 4.66. The molecule has 1 aromatic heterocycles. The number of halogens is 1. The lowest BCUT2D eigenvalue weighted by Crippen LogP contribution is -2.29. The summed E-state index contributed by atoms with van der Waals surface area (Å²) >= 11 is 3.46. The number of benzene rings is 1. The number of amides is 1. The van der Waals surface area contributed by atoms with Crippen LogP contribution in [0.15, 0.2) is 22.8 Å². The Labute approximate surface area is 125 Å². The monoisotopic (exact) mass is 338 g/mol. The normalized spacial score (nSPS) is 10.7. The Balaban J connectivity index is 2.75. The van der Waals surface area contributed by atoms with Crippen LogP contribution in [0.4, 0.5) is 0 Å². The van der Waals surface area contributed by atoms with Crippen molar-refractivity contribution < 1.29 is 14.3 Å². The average Bonchev–Trinajstić information content (AvgIpc) is 2.76. The molecule has 106 valence electrons. The van der Waals surface area contributed by atoms with Crippen LogP contribution < -0.4 is 4.74 Å². The minimum atomic E-state index is -0.556. The SMILES string of the molecule is COc1ccc(Br)c2c1c(C(=O)C(=O)N(C)C)cn2C. The van der Waals surface area contributed by atoms with Gasteiger partial charge in [0.25, 0.3) is 11.7 Å². The zero-order chi connectivity index (χ0) is 15.0. The Bertz CT molecular complexity index is 704. The number of hydrogen-bond donors (Lipinski definition) is 0. The van der Waals surface area contributed by atoms with Gasteiger partial charge in [-0.1, -0.05) is 0 Å². The Kier molecular flexibility index (Phi) is 3.85. The summed E-state index contributed by atoms with van der Waals surface area (Å²) < 4.78 is 7.96. The maximum absolute atomic E-state index is 12.3. The van der Waals surface area contributed by atoms with Gasteiger partial charge in [-0.15, -0.1) is 0 Å². The number of fused-ring (bicyclic) bond motifs is 1. The minimum Gasteiger partial charge on any atom is -0.496 e. The number of carbonyl (C=O) groups excluding carboxylic acids is 2. The molecule has 0 N–H and O–H groups in total. The van der Waals surface area contributed by atoms with E-state index in [1.165, 1.54) is 12.0 Å². The molecule has 2 rings (SSSR count). The number of ketones is 1. The van der Waals surface area contributed by atoms with E-state index < -0.39 is 11.7 Å². The Morgan fingerprint density at radius 2 is 1.95 bits per heavy atom. The maximum atomic E-state index is 12.3. The topological polar surface area (TPSA) is 51.5 Å². The Morgan fingerprint density at radius 1 is 1.30 bits per heavy atom. The highest BCUT2D eigenvalue weighted by atomic mass is 79.9. The predicted molar refractivity (Wildman–Crippen MR) is 80.2 cm³/mol. The first-order valence-corrected chi connectivity index (χ1v) is 6.75. The highest BCUT2D eigenvalue weighted by molar-refractivity contribution is 9.10. The van der Waals surface area contributed by atoms with Crippen molar-refractivity contribution in [1.29, 1.82) is 0 Å². The molecule has 0 aliphatic carbocycles. The number of nitrogens with zero attached hydrogens (tertiary/aromatic N) is 2. The molecule has 0 atom stereocenters. The van der Waals surface area contributed by atoms with Crippen LogP contribution in [-0.2, 0) is 11.8 Å². The molecule has 1 aromatic carbocycles. The van der Waals surface area contributed by atoms with E-state index in [2.05, 4.69) is 15.9 Å².